The Labute approximate surface area is 156 Å². The van der Waals surface area contributed by atoms with Crippen LogP contribution in [0, 0.1) is 6.92 Å². The summed E-state index contributed by atoms with van der Waals surface area (Å²) in [6.07, 6.45) is 3.49. The van der Waals surface area contributed by atoms with Crippen molar-refractivity contribution in [1.29, 1.82) is 0 Å². The topological polar surface area (TPSA) is 117 Å². The van der Waals surface area contributed by atoms with Crippen LogP contribution in [-0.2, 0) is 4.79 Å². The van der Waals surface area contributed by atoms with Gasteiger partial charge in [0.1, 0.15) is 11.4 Å². The molecule has 9 heteroatoms. The monoisotopic (exact) mass is 376 g/mol. The van der Waals surface area contributed by atoms with Crippen LogP contribution in [0.1, 0.15) is 18.4 Å². The molecule has 1 atom stereocenters. The first-order valence-corrected chi connectivity index (χ1v) is 8.76. The number of aromatic hydroxyl groups is 1. The SMILES string of the molecule is Cc1cc(Cl)cc(O)c1-c1cnc(NC2CCCN(CC(N)=O)C2)nn1. The van der Waals surface area contributed by atoms with Crippen molar-refractivity contribution in [3.63, 3.8) is 0 Å². The van der Waals surface area contributed by atoms with E-state index < -0.39 is 0 Å². The van der Waals surface area contributed by atoms with Crippen molar-refractivity contribution >= 4 is 23.5 Å². The Morgan fingerprint density at radius 1 is 1.46 bits per heavy atom. The summed E-state index contributed by atoms with van der Waals surface area (Å²) < 4.78 is 0. The lowest BCUT2D eigenvalue weighted by atomic mass is 10.1. The zero-order valence-corrected chi connectivity index (χ0v) is 15.2. The Balaban J connectivity index is 1.69. The Hall–Kier alpha value is -2.45. The molecule has 26 heavy (non-hydrogen) atoms. The van der Waals surface area contributed by atoms with E-state index in [4.69, 9.17) is 17.3 Å². The summed E-state index contributed by atoms with van der Waals surface area (Å²) in [6.45, 7) is 3.65. The fraction of sp³-hybridized carbons (Fsp3) is 0.412. The van der Waals surface area contributed by atoms with Crippen LogP contribution in [0.25, 0.3) is 11.3 Å². The molecule has 1 unspecified atom stereocenters. The molecule has 1 aliphatic heterocycles. The smallest absolute Gasteiger partial charge is 0.242 e. The summed E-state index contributed by atoms with van der Waals surface area (Å²) in [4.78, 5) is 17.4. The van der Waals surface area contributed by atoms with Gasteiger partial charge >= 0.3 is 0 Å². The van der Waals surface area contributed by atoms with Gasteiger partial charge in [-0.1, -0.05) is 11.6 Å². The Bertz CT molecular complexity index is 775. The van der Waals surface area contributed by atoms with Crippen LogP contribution in [0.3, 0.4) is 0 Å². The van der Waals surface area contributed by atoms with E-state index in [2.05, 4.69) is 20.5 Å². The molecule has 1 aromatic carbocycles. The number of phenols is 1. The van der Waals surface area contributed by atoms with E-state index in [1.54, 1.807) is 12.3 Å². The predicted molar refractivity (Wildman–Crippen MR) is 99.0 cm³/mol. The highest BCUT2D eigenvalue weighted by Crippen LogP contribution is 2.33. The second-order valence-corrected chi connectivity index (χ2v) is 6.91. The number of aromatic nitrogens is 3. The zero-order valence-electron chi connectivity index (χ0n) is 14.4. The number of nitrogens with two attached hydrogens (primary N) is 1. The van der Waals surface area contributed by atoms with Gasteiger partial charge in [0.05, 0.1) is 12.7 Å². The quantitative estimate of drug-likeness (QED) is 0.724. The van der Waals surface area contributed by atoms with Crippen LogP contribution >= 0.6 is 11.6 Å². The first kappa shape index (κ1) is 18.3. The summed E-state index contributed by atoms with van der Waals surface area (Å²) in [5.41, 5.74) is 7.09. The minimum Gasteiger partial charge on any atom is -0.507 e. The molecule has 4 N–H and O–H groups in total. The van der Waals surface area contributed by atoms with Gasteiger partial charge in [0.2, 0.25) is 11.9 Å². The van der Waals surface area contributed by atoms with Gasteiger partial charge in [-0.3, -0.25) is 9.69 Å². The van der Waals surface area contributed by atoms with Gasteiger partial charge in [0, 0.05) is 23.2 Å². The van der Waals surface area contributed by atoms with Gasteiger partial charge in [0.25, 0.3) is 0 Å². The van der Waals surface area contributed by atoms with E-state index in [0.717, 1.165) is 24.9 Å². The van der Waals surface area contributed by atoms with Crippen LogP contribution < -0.4 is 11.1 Å². The summed E-state index contributed by atoms with van der Waals surface area (Å²) >= 11 is 5.93. The Morgan fingerprint density at radius 2 is 2.27 bits per heavy atom. The molecule has 8 nitrogen and oxygen atoms in total. The molecule has 0 aliphatic carbocycles. The van der Waals surface area contributed by atoms with Crippen molar-refractivity contribution in [2.45, 2.75) is 25.8 Å². The average molecular weight is 377 g/mol. The second-order valence-electron chi connectivity index (χ2n) is 6.47. The molecule has 0 bridgehead atoms. The average Bonchev–Trinajstić information content (AvgIpc) is 2.55. The van der Waals surface area contributed by atoms with E-state index >= 15 is 0 Å². The van der Waals surface area contributed by atoms with E-state index in [1.807, 2.05) is 11.8 Å². The number of aryl methyl sites for hydroxylation is 1. The van der Waals surface area contributed by atoms with Gasteiger partial charge < -0.3 is 16.2 Å². The summed E-state index contributed by atoms with van der Waals surface area (Å²) in [5.74, 6) is 0.123. The highest BCUT2D eigenvalue weighted by Gasteiger charge is 2.21. The maximum absolute atomic E-state index is 11.1. The number of benzene rings is 1. The molecule has 2 heterocycles. The summed E-state index contributed by atoms with van der Waals surface area (Å²) in [5, 5.41) is 22.1. The molecule has 1 fully saturated rings. The van der Waals surface area contributed by atoms with Crippen LogP contribution in [-0.4, -0.2) is 56.8 Å². The molecule has 0 spiro atoms. The van der Waals surface area contributed by atoms with Gasteiger partial charge in [-0.2, -0.15) is 0 Å². The number of hydrogen-bond acceptors (Lipinski definition) is 7. The molecule has 2 aromatic rings. The molecule has 3 rings (SSSR count). The van der Waals surface area contributed by atoms with E-state index in [1.165, 1.54) is 6.07 Å². The maximum atomic E-state index is 11.1. The lowest BCUT2D eigenvalue weighted by molar-refractivity contribution is -0.119. The molecule has 138 valence electrons. The third-order valence-electron chi connectivity index (χ3n) is 4.32. The van der Waals surface area contributed by atoms with Crippen LogP contribution in [0.15, 0.2) is 18.3 Å². The minimum atomic E-state index is -0.328. The van der Waals surface area contributed by atoms with Crippen LogP contribution in [0.5, 0.6) is 5.75 Å². The molecular formula is C17H21ClN6O2. The number of hydrogen-bond donors (Lipinski definition) is 3. The van der Waals surface area contributed by atoms with Crippen LogP contribution in [0.4, 0.5) is 5.95 Å². The number of phenolic OH excluding ortho intramolecular Hbond substituents is 1. The third kappa shape index (κ3) is 4.39. The van der Waals surface area contributed by atoms with Crippen molar-refractivity contribution in [1.82, 2.24) is 20.1 Å². The summed E-state index contributed by atoms with van der Waals surface area (Å²) in [6, 6.07) is 3.34. The molecule has 1 amide bonds. The maximum Gasteiger partial charge on any atom is 0.242 e. The Kier molecular flexibility index (Phi) is 5.53. The number of primary amides is 1. The van der Waals surface area contributed by atoms with Gasteiger partial charge in [0.15, 0.2) is 0 Å². The predicted octanol–water partition coefficient (Wildman–Crippen LogP) is 1.57. The highest BCUT2D eigenvalue weighted by molar-refractivity contribution is 6.31. The lowest BCUT2D eigenvalue weighted by Crippen LogP contribution is -2.45. The van der Waals surface area contributed by atoms with Crippen molar-refractivity contribution < 1.29 is 9.90 Å². The fourth-order valence-electron chi connectivity index (χ4n) is 3.23. The van der Waals surface area contributed by atoms with Crippen molar-refractivity contribution in [3.8, 4) is 17.0 Å². The van der Waals surface area contributed by atoms with Gasteiger partial charge in [-0.05, 0) is 44.0 Å². The number of anilines is 1. The van der Waals surface area contributed by atoms with E-state index in [0.29, 0.717) is 28.8 Å². The zero-order chi connectivity index (χ0) is 18.7. The molecule has 0 radical (unpaired) electrons. The number of likely N-dealkylation sites (tertiary alicyclic amines) is 1. The number of piperidine rings is 1. The number of amides is 1. The molecule has 1 aromatic heterocycles. The number of nitrogens with one attached hydrogen (secondary N) is 1. The third-order valence-corrected chi connectivity index (χ3v) is 4.53. The van der Waals surface area contributed by atoms with Crippen LogP contribution in [0.2, 0.25) is 5.02 Å². The standard InChI is InChI=1S/C17H21ClN6O2/c1-10-5-11(18)6-14(25)16(10)13-7-20-17(23-22-13)21-12-3-2-4-24(8-12)9-15(19)26/h5-7,12,25H,2-4,8-9H2,1H3,(H2,19,26)(H,20,21,23). The van der Waals surface area contributed by atoms with E-state index in [-0.39, 0.29) is 24.2 Å². The van der Waals surface area contributed by atoms with Crippen molar-refractivity contribution in [2.75, 3.05) is 25.0 Å². The number of carbonyl (C=O) groups excluding carboxylic acids is 1. The normalized spacial score (nSPS) is 17.8. The first-order chi connectivity index (χ1) is 12.4. The minimum absolute atomic E-state index is 0.0428. The second kappa shape index (κ2) is 7.84. The van der Waals surface area contributed by atoms with Gasteiger partial charge in [-0.25, -0.2) is 4.98 Å². The molecule has 1 aliphatic rings. The number of halogens is 1. The highest BCUT2D eigenvalue weighted by atomic mass is 35.5. The molecule has 0 saturated carbocycles. The van der Waals surface area contributed by atoms with Crippen molar-refractivity contribution in [3.05, 3.63) is 28.9 Å². The lowest BCUT2D eigenvalue weighted by Gasteiger charge is -2.32. The Morgan fingerprint density at radius 3 is 2.92 bits per heavy atom. The molecular weight excluding hydrogens is 356 g/mol. The van der Waals surface area contributed by atoms with Crippen molar-refractivity contribution in [2.24, 2.45) is 5.73 Å². The number of rotatable bonds is 5. The van der Waals surface area contributed by atoms with E-state index in [9.17, 15) is 9.90 Å². The summed E-state index contributed by atoms with van der Waals surface area (Å²) in [7, 11) is 0. The molecule has 1 saturated heterocycles. The first-order valence-electron chi connectivity index (χ1n) is 8.39. The van der Waals surface area contributed by atoms with Gasteiger partial charge in [-0.15, -0.1) is 10.2 Å². The number of carbonyl (C=O) groups is 1. The fourth-order valence-corrected chi connectivity index (χ4v) is 3.50. The largest absolute Gasteiger partial charge is 0.507 e. The number of nitrogens with zero attached hydrogens (tertiary/aromatic N) is 4.